The smallest absolute Gasteiger partial charge is 0.350 e. The summed E-state index contributed by atoms with van der Waals surface area (Å²) in [5, 5.41) is 7.46. The molecule has 1 heterocycles. The number of rotatable bonds is 9. The topological polar surface area (TPSA) is 75.6 Å². The minimum atomic E-state index is -0.300. The van der Waals surface area contributed by atoms with Crippen LogP contribution in [0.3, 0.4) is 0 Å². The van der Waals surface area contributed by atoms with E-state index >= 15 is 0 Å². The number of aryl methyl sites for hydroxylation is 1. The van der Waals surface area contributed by atoms with Gasteiger partial charge in [0.1, 0.15) is 9.88 Å². The number of nitrogens with one attached hydrogen (secondary N) is 2. The third-order valence-corrected chi connectivity index (χ3v) is 4.69. The summed E-state index contributed by atoms with van der Waals surface area (Å²) in [4.78, 5) is 21.6. The van der Waals surface area contributed by atoms with E-state index in [9.17, 15) is 4.79 Å². The highest BCUT2D eigenvalue weighted by Gasteiger charge is 2.20. The summed E-state index contributed by atoms with van der Waals surface area (Å²) in [7, 11) is 0. The molecule has 0 saturated heterocycles. The Balaban J connectivity index is 2.75. The van der Waals surface area contributed by atoms with Crippen LogP contribution in [0.1, 0.15) is 73.4 Å². The molecule has 0 bridgehead atoms. The Hall–Kier alpha value is -1.63. The van der Waals surface area contributed by atoms with Crippen molar-refractivity contribution in [3.8, 4) is 0 Å². The van der Waals surface area contributed by atoms with Gasteiger partial charge in [-0.05, 0) is 34.1 Å². The molecule has 0 amide bonds. The van der Waals surface area contributed by atoms with Gasteiger partial charge in [0.05, 0.1) is 18.3 Å². The van der Waals surface area contributed by atoms with E-state index in [-0.39, 0.29) is 12.0 Å². The van der Waals surface area contributed by atoms with Gasteiger partial charge in [-0.25, -0.2) is 9.78 Å². The molecular formula is C17H30N4O2S. The number of nitrogens with zero attached hydrogens (tertiary/aromatic N) is 2. The van der Waals surface area contributed by atoms with Crippen molar-refractivity contribution >= 4 is 23.3 Å². The number of aromatic nitrogens is 1. The van der Waals surface area contributed by atoms with Gasteiger partial charge in [-0.2, -0.15) is 0 Å². The van der Waals surface area contributed by atoms with Gasteiger partial charge in [0, 0.05) is 13.1 Å². The minimum Gasteiger partial charge on any atom is -0.462 e. The number of aliphatic imine (C=N–C) groups is 1. The Morgan fingerprint density at radius 1 is 1.33 bits per heavy atom. The molecule has 0 radical (unpaired) electrons. The molecule has 2 N–H and O–H groups in total. The van der Waals surface area contributed by atoms with Crippen molar-refractivity contribution in [3.63, 3.8) is 0 Å². The summed E-state index contributed by atoms with van der Waals surface area (Å²) >= 11 is 1.38. The quantitative estimate of drug-likeness (QED) is 0.307. The fourth-order valence-electron chi connectivity index (χ4n) is 2.13. The number of hydrogen-bond acceptors (Lipinski definition) is 5. The van der Waals surface area contributed by atoms with E-state index in [0.29, 0.717) is 17.2 Å². The number of carbonyl (C=O) groups is 1. The number of carbonyl (C=O) groups excluding carboxylic acids is 1. The van der Waals surface area contributed by atoms with E-state index in [4.69, 9.17) is 4.74 Å². The van der Waals surface area contributed by atoms with E-state index in [2.05, 4.69) is 27.5 Å². The normalized spacial score (nSPS) is 12.8. The lowest BCUT2D eigenvalue weighted by Gasteiger charge is -2.16. The van der Waals surface area contributed by atoms with Crippen LogP contribution < -0.4 is 10.6 Å². The lowest BCUT2D eigenvalue weighted by molar-refractivity contribution is 0.0531. The molecular weight excluding hydrogens is 324 g/mol. The first-order valence-electron chi connectivity index (χ1n) is 8.72. The van der Waals surface area contributed by atoms with Gasteiger partial charge in [0.25, 0.3) is 0 Å². The summed E-state index contributed by atoms with van der Waals surface area (Å²) in [6.07, 6.45) is 3.46. The molecule has 0 fully saturated rings. The van der Waals surface area contributed by atoms with Crippen LogP contribution in [0.25, 0.3) is 0 Å². The molecule has 1 aromatic rings. The highest BCUT2D eigenvalue weighted by molar-refractivity contribution is 7.13. The molecule has 7 heteroatoms. The largest absolute Gasteiger partial charge is 0.462 e. The van der Waals surface area contributed by atoms with Crippen LogP contribution in [0.2, 0.25) is 0 Å². The number of esters is 1. The zero-order valence-corrected chi connectivity index (χ0v) is 16.3. The SMILES string of the molecule is CCCCCN=C(NCC)NC(C)c1nc(C)c(C(=O)OCC)s1. The van der Waals surface area contributed by atoms with Crippen LogP contribution in [-0.4, -0.2) is 36.6 Å². The first-order valence-corrected chi connectivity index (χ1v) is 9.54. The summed E-state index contributed by atoms with van der Waals surface area (Å²) < 4.78 is 5.07. The lowest BCUT2D eigenvalue weighted by Crippen LogP contribution is -2.38. The summed E-state index contributed by atoms with van der Waals surface area (Å²) in [6, 6.07) is -0.0270. The van der Waals surface area contributed by atoms with Crippen LogP contribution in [0.4, 0.5) is 0 Å². The highest BCUT2D eigenvalue weighted by Crippen LogP contribution is 2.24. The Kier molecular flexibility index (Phi) is 9.37. The van der Waals surface area contributed by atoms with Crippen molar-refractivity contribution < 1.29 is 9.53 Å². The van der Waals surface area contributed by atoms with Gasteiger partial charge in [0.15, 0.2) is 5.96 Å². The van der Waals surface area contributed by atoms with E-state index in [1.165, 1.54) is 24.2 Å². The maximum atomic E-state index is 11.9. The van der Waals surface area contributed by atoms with Gasteiger partial charge in [-0.1, -0.05) is 19.8 Å². The maximum Gasteiger partial charge on any atom is 0.350 e. The first-order chi connectivity index (χ1) is 11.5. The lowest BCUT2D eigenvalue weighted by atomic mass is 10.2. The molecule has 1 unspecified atom stereocenters. The molecule has 0 aliphatic rings. The Labute approximate surface area is 149 Å². The second-order valence-electron chi connectivity index (χ2n) is 5.52. The molecule has 0 spiro atoms. The maximum absolute atomic E-state index is 11.9. The van der Waals surface area contributed by atoms with Crippen LogP contribution in [-0.2, 0) is 4.74 Å². The third-order valence-electron chi connectivity index (χ3n) is 3.37. The van der Waals surface area contributed by atoms with Crippen LogP contribution in [0.5, 0.6) is 0 Å². The van der Waals surface area contributed by atoms with Gasteiger partial charge in [0.2, 0.25) is 0 Å². The van der Waals surface area contributed by atoms with E-state index in [1.807, 2.05) is 20.8 Å². The molecule has 6 nitrogen and oxygen atoms in total. The van der Waals surface area contributed by atoms with Crippen molar-refractivity contribution in [1.82, 2.24) is 15.6 Å². The summed E-state index contributed by atoms with van der Waals surface area (Å²) in [6.45, 7) is 11.9. The van der Waals surface area contributed by atoms with Gasteiger partial charge in [-0.3, -0.25) is 4.99 Å². The zero-order valence-electron chi connectivity index (χ0n) is 15.4. The number of unbranched alkanes of at least 4 members (excludes halogenated alkanes) is 2. The minimum absolute atomic E-state index is 0.0270. The van der Waals surface area contributed by atoms with Crippen molar-refractivity contribution in [2.24, 2.45) is 4.99 Å². The highest BCUT2D eigenvalue weighted by atomic mass is 32.1. The predicted molar refractivity (Wildman–Crippen MR) is 99.9 cm³/mol. The summed E-state index contributed by atoms with van der Waals surface area (Å²) in [5.41, 5.74) is 0.715. The van der Waals surface area contributed by atoms with E-state index < -0.39 is 0 Å². The van der Waals surface area contributed by atoms with Crippen LogP contribution in [0.15, 0.2) is 4.99 Å². The number of hydrogen-bond donors (Lipinski definition) is 2. The predicted octanol–water partition coefficient (Wildman–Crippen LogP) is 3.43. The molecule has 1 aromatic heterocycles. The van der Waals surface area contributed by atoms with Gasteiger partial charge >= 0.3 is 5.97 Å². The molecule has 0 aliphatic carbocycles. The molecule has 1 atom stereocenters. The summed E-state index contributed by atoms with van der Waals surface area (Å²) in [5.74, 6) is 0.484. The zero-order chi connectivity index (χ0) is 17.9. The van der Waals surface area contributed by atoms with Crippen molar-refractivity contribution in [3.05, 3.63) is 15.6 Å². The Morgan fingerprint density at radius 2 is 2.08 bits per heavy atom. The van der Waals surface area contributed by atoms with Crippen LogP contribution >= 0.6 is 11.3 Å². The fraction of sp³-hybridized carbons (Fsp3) is 0.706. The first kappa shape index (κ1) is 20.4. The van der Waals surface area contributed by atoms with Crippen LogP contribution in [0, 0.1) is 6.92 Å². The second-order valence-corrected chi connectivity index (χ2v) is 6.55. The Bertz CT molecular complexity index is 543. The molecule has 136 valence electrons. The molecule has 1 rings (SSSR count). The van der Waals surface area contributed by atoms with Gasteiger partial charge in [-0.15, -0.1) is 11.3 Å². The van der Waals surface area contributed by atoms with Crippen molar-refractivity contribution in [2.75, 3.05) is 19.7 Å². The molecule has 0 aromatic carbocycles. The molecule has 24 heavy (non-hydrogen) atoms. The monoisotopic (exact) mass is 354 g/mol. The molecule has 0 aliphatic heterocycles. The number of thiazole rings is 1. The van der Waals surface area contributed by atoms with E-state index in [1.54, 1.807) is 6.92 Å². The standard InChI is InChI=1S/C17H30N4O2S/c1-6-9-10-11-19-17(18-7-2)21-13(5)15-20-12(4)14(24-15)16(22)23-8-3/h13H,6-11H2,1-5H3,(H2,18,19,21). The van der Waals surface area contributed by atoms with Crippen molar-refractivity contribution in [1.29, 1.82) is 0 Å². The number of ether oxygens (including phenoxy) is 1. The van der Waals surface area contributed by atoms with Gasteiger partial charge < -0.3 is 15.4 Å². The fourth-order valence-corrected chi connectivity index (χ4v) is 3.09. The molecule has 0 saturated carbocycles. The average molecular weight is 355 g/mol. The Morgan fingerprint density at radius 3 is 2.71 bits per heavy atom. The third kappa shape index (κ3) is 6.47. The average Bonchev–Trinajstić information content (AvgIpc) is 2.94. The second kappa shape index (κ2) is 11.0. The van der Waals surface area contributed by atoms with E-state index in [0.717, 1.165) is 30.5 Å². The number of guanidine groups is 1. The van der Waals surface area contributed by atoms with Crippen molar-refractivity contribution in [2.45, 2.75) is 59.9 Å².